The third-order valence-corrected chi connectivity index (χ3v) is 5.27. The fourth-order valence-electron chi connectivity index (χ4n) is 3.44. The Hall–Kier alpha value is -3.57. The molecule has 1 amide bonds. The molecule has 4 aromatic rings. The number of nitrogens with zero attached hydrogens (tertiary/aromatic N) is 4. The average Bonchev–Trinajstić information content (AvgIpc) is 3.33. The van der Waals surface area contributed by atoms with Crippen LogP contribution in [0, 0.1) is 0 Å². The van der Waals surface area contributed by atoms with Crippen molar-refractivity contribution in [2.75, 3.05) is 26.0 Å². The van der Waals surface area contributed by atoms with E-state index in [2.05, 4.69) is 10.4 Å². The van der Waals surface area contributed by atoms with Crippen molar-refractivity contribution in [3.63, 3.8) is 0 Å². The molecular weight excluding hydrogens is 475 g/mol. The lowest BCUT2D eigenvalue weighted by Gasteiger charge is -2.13. The van der Waals surface area contributed by atoms with Crippen LogP contribution in [0.3, 0.4) is 0 Å². The molecule has 0 atom stereocenters. The van der Waals surface area contributed by atoms with Gasteiger partial charge >= 0.3 is 11.9 Å². The minimum atomic E-state index is -4.87. The number of carbonyl (C=O) groups is 1. The lowest BCUT2D eigenvalue weighted by molar-refractivity contribution is -0.143. The van der Waals surface area contributed by atoms with Crippen molar-refractivity contribution in [2.24, 2.45) is 0 Å². The van der Waals surface area contributed by atoms with Crippen LogP contribution in [0.25, 0.3) is 16.8 Å². The lowest BCUT2D eigenvalue weighted by atomic mass is 10.2. The Morgan fingerprint density at radius 3 is 2.65 bits per heavy atom. The first kappa shape index (κ1) is 23.6. The van der Waals surface area contributed by atoms with E-state index in [4.69, 9.17) is 16.0 Å². The number of aromatic nitrogens is 3. The van der Waals surface area contributed by atoms with E-state index in [1.54, 1.807) is 0 Å². The van der Waals surface area contributed by atoms with Gasteiger partial charge in [-0.15, -0.1) is 0 Å². The number of hydrogen-bond donors (Lipinski definition) is 1. The molecule has 2 aromatic heterocycles. The number of alkyl halides is 3. The molecule has 1 N–H and O–H groups in total. The van der Waals surface area contributed by atoms with Crippen LogP contribution in [-0.4, -0.2) is 45.8 Å². The molecule has 0 saturated heterocycles. The summed E-state index contributed by atoms with van der Waals surface area (Å²) in [5.74, 6) is -1.58. The Balaban J connectivity index is 1.69. The van der Waals surface area contributed by atoms with Crippen LogP contribution in [0.4, 0.5) is 18.9 Å². The number of benzene rings is 2. The van der Waals surface area contributed by atoms with Gasteiger partial charge in [-0.25, -0.2) is 9.48 Å². The van der Waals surface area contributed by atoms with Crippen molar-refractivity contribution < 1.29 is 22.4 Å². The summed E-state index contributed by atoms with van der Waals surface area (Å²) in [5, 5.41) is 6.45. The van der Waals surface area contributed by atoms with E-state index in [1.165, 1.54) is 47.0 Å². The van der Waals surface area contributed by atoms with Crippen LogP contribution in [0.1, 0.15) is 16.1 Å². The second kappa shape index (κ2) is 8.99. The Kier molecular flexibility index (Phi) is 6.24. The minimum Gasteiger partial charge on any atom is -0.408 e. The van der Waals surface area contributed by atoms with Gasteiger partial charge in [-0.1, -0.05) is 17.7 Å². The molecule has 0 saturated carbocycles. The van der Waals surface area contributed by atoms with Gasteiger partial charge in [0.05, 0.1) is 23.0 Å². The number of fused-ring (bicyclic) bond motifs is 1. The number of nitrogens with one attached hydrogen (secondary N) is 1. The second-order valence-electron chi connectivity index (χ2n) is 7.76. The van der Waals surface area contributed by atoms with Gasteiger partial charge in [0.2, 0.25) is 0 Å². The molecular formula is C22H19ClF3N5O3. The average molecular weight is 494 g/mol. The molecule has 0 spiro atoms. The number of likely N-dealkylation sites (N-methyl/N-ethyl adjacent to an activating group) is 1. The largest absolute Gasteiger partial charge is 0.434 e. The van der Waals surface area contributed by atoms with Crippen LogP contribution < -0.4 is 11.1 Å². The summed E-state index contributed by atoms with van der Waals surface area (Å²) in [4.78, 5) is 26.9. The van der Waals surface area contributed by atoms with Gasteiger partial charge < -0.3 is 14.6 Å². The number of amides is 1. The monoisotopic (exact) mass is 493 g/mol. The van der Waals surface area contributed by atoms with Crippen molar-refractivity contribution in [1.29, 1.82) is 0 Å². The number of rotatable bonds is 6. The van der Waals surface area contributed by atoms with Crippen LogP contribution >= 0.6 is 11.6 Å². The molecule has 0 radical (unpaired) electrons. The quantitative estimate of drug-likeness (QED) is 0.433. The van der Waals surface area contributed by atoms with Gasteiger partial charge in [-0.3, -0.25) is 9.36 Å². The zero-order chi connectivity index (χ0) is 24.6. The van der Waals surface area contributed by atoms with Crippen molar-refractivity contribution >= 4 is 34.3 Å². The van der Waals surface area contributed by atoms with E-state index < -0.39 is 29.1 Å². The zero-order valence-electron chi connectivity index (χ0n) is 18.1. The molecule has 2 heterocycles. The van der Waals surface area contributed by atoms with Gasteiger partial charge in [0.15, 0.2) is 11.3 Å². The Bertz CT molecular complexity index is 1420. The normalized spacial score (nSPS) is 12.0. The molecule has 0 aliphatic rings. The van der Waals surface area contributed by atoms with E-state index in [-0.39, 0.29) is 16.4 Å². The summed E-state index contributed by atoms with van der Waals surface area (Å²) in [5.41, 5.74) is -0.935. The van der Waals surface area contributed by atoms with Crippen molar-refractivity contribution in [3.8, 4) is 5.69 Å². The fourth-order valence-corrected chi connectivity index (χ4v) is 3.63. The standard InChI is InChI=1S/C22H19ClF3N5O3/c1-29(2)8-9-30-17-11-14(6-7-18(17)34-21(30)33)28-20(32)16-12-27-31(19(16)22(24,25)26)15-5-3-4-13(23)10-15/h3-7,10-12H,8-9H2,1-2H3,(H,28,32). The topological polar surface area (TPSA) is 85.3 Å². The zero-order valence-corrected chi connectivity index (χ0v) is 18.8. The predicted octanol–water partition coefficient (Wildman–Crippen LogP) is 4.27. The molecule has 2 aromatic carbocycles. The third kappa shape index (κ3) is 4.70. The second-order valence-corrected chi connectivity index (χ2v) is 8.19. The molecule has 4 rings (SSSR count). The van der Waals surface area contributed by atoms with Gasteiger partial charge in [0, 0.05) is 23.8 Å². The third-order valence-electron chi connectivity index (χ3n) is 5.03. The molecule has 8 nitrogen and oxygen atoms in total. The number of halogens is 4. The fraction of sp³-hybridized carbons (Fsp3) is 0.227. The molecule has 0 unspecified atom stereocenters. The molecule has 178 valence electrons. The Morgan fingerprint density at radius 1 is 1.21 bits per heavy atom. The smallest absolute Gasteiger partial charge is 0.408 e. The minimum absolute atomic E-state index is 0.0589. The molecule has 34 heavy (non-hydrogen) atoms. The predicted molar refractivity (Wildman–Crippen MR) is 121 cm³/mol. The molecule has 0 fully saturated rings. The Morgan fingerprint density at radius 2 is 1.97 bits per heavy atom. The highest BCUT2D eigenvalue weighted by molar-refractivity contribution is 6.30. The number of anilines is 1. The highest BCUT2D eigenvalue weighted by Crippen LogP contribution is 2.34. The van der Waals surface area contributed by atoms with Gasteiger partial charge in [0.25, 0.3) is 5.91 Å². The summed E-state index contributed by atoms with van der Waals surface area (Å²) in [7, 11) is 3.70. The summed E-state index contributed by atoms with van der Waals surface area (Å²) in [6, 6.07) is 10.1. The first-order valence-corrected chi connectivity index (χ1v) is 10.4. The molecule has 12 heteroatoms. The van der Waals surface area contributed by atoms with E-state index in [0.717, 1.165) is 6.20 Å². The van der Waals surface area contributed by atoms with Gasteiger partial charge in [0.1, 0.15) is 0 Å². The number of oxazole rings is 1. The highest BCUT2D eigenvalue weighted by atomic mass is 35.5. The summed E-state index contributed by atoms with van der Waals surface area (Å²) >= 11 is 5.90. The molecule has 0 aliphatic carbocycles. The maximum absolute atomic E-state index is 13.9. The van der Waals surface area contributed by atoms with Crippen LogP contribution in [0.2, 0.25) is 5.02 Å². The van der Waals surface area contributed by atoms with Gasteiger partial charge in [-0.2, -0.15) is 18.3 Å². The van der Waals surface area contributed by atoms with Crippen molar-refractivity contribution in [1.82, 2.24) is 19.2 Å². The van der Waals surface area contributed by atoms with E-state index in [9.17, 15) is 22.8 Å². The Labute approximate surface area is 196 Å². The maximum Gasteiger partial charge on any atom is 0.434 e. The highest BCUT2D eigenvalue weighted by Gasteiger charge is 2.40. The first-order valence-electron chi connectivity index (χ1n) is 10.1. The summed E-state index contributed by atoms with van der Waals surface area (Å²) < 4.78 is 49.0. The number of hydrogen-bond acceptors (Lipinski definition) is 5. The van der Waals surface area contributed by atoms with E-state index in [1.807, 2.05) is 19.0 Å². The van der Waals surface area contributed by atoms with E-state index >= 15 is 0 Å². The number of carbonyl (C=O) groups excluding carboxylic acids is 1. The first-order chi connectivity index (χ1) is 16.0. The van der Waals surface area contributed by atoms with Crippen LogP contribution in [-0.2, 0) is 12.7 Å². The van der Waals surface area contributed by atoms with Crippen molar-refractivity contribution in [2.45, 2.75) is 12.7 Å². The summed E-state index contributed by atoms with van der Waals surface area (Å²) in [6.07, 6.45) is -4.02. The van der Waals surface area contributed by atoms with Crippen LogP contribution in [0.15, 0.2) is 57.9 Å². The maximum atomic E-state index is 13.9. The molecule has 0 bridgehead atoms. The van der Waals surface area contributed by atoms with Gasteiger partial charge in [-0.05, 0) is 50.5 Å². The molecule has 0 aliphatic heterocycles. The summed E-state index contributed by atoms with van der Waals surface area (Å²) in [6.45, 7) is 0.892. The SMILES string of the molecule is CN(C)CCn1c(=O)oc2ccc(NC(=O)c3cnn(-c4cccc(Cl)c4)c3C(F)(F)F)cc21. The van der Waals surface area contributed by atoms with E-state index in [0.29, 0.717) is 28.9 Å². The lowest BCUT2D eigenvalue weighted by Crippen LogP contribution is -2.23. The van der Waals surface area contributed by atoms with Crippen molar-refractivity contribution in [3.05, 3.63) is 75.5 Å². The van der Waals surface area contributed by atoms with Crippen LogP contribution in [0.5, 0.6) is 0 Å².